The standard InChI is InChI=1S/C14H28N2O/c1-5-14(8-6-7-9-14)10-16-12(17)11(15)13(2,3)4/h11H,5-10,15H2,1-4H3,(H,16,17)/t11-/m0/s1. The number of rotatable bonds is 4. The molecule has 1 amide bonds. The number of carbonyl (C=O) groups is 1. The summed E-state index contributed by atoms with van der Waals surface area (Å²) in [6.45, 7) is 9.03. The molecule has 0 bridgehead atoms. The maximum absolute atomic E-state index is 12.0. The Balaban J connectivity index is 2.47. The van der Waals surface area contributed by atoms with Gasteiger partial charge in [0, 0.05) is 6.54 Å². The molecule has 17 heavy (non-hydrogen) atoms. The van der Waals surface area contributed by atoms with E-state index in [9.17, 15) is 4.79 Å². The van der Waals surface area contributed by atoms with Crippen LogP contribution in [0, 0.1) is 10.8 Å². The zero-order chi connectivity index (χ0) is 13.1. The topological polar surface area (TPSA) is 55.1 Å². The van der Waals surface area contributed by atoms with Gasteiger partial charge >= 0.3 is 0 Å². The fraction of sp³-hybridized carbons (Fsp3) is 0.929. The highest BCUT2D eigenvalue weighted by atomic mass is 16.2. The fourth-order valence-electron chi connectivity index (χ4n) is 2.56. The Hall–Kier alpha value is -0.570. The Kier molecular flexibility index (Phi) is 4.59. The smallest absolute Gasteiger partial charge is 0.237 e. The van der Waals surface area contributed by atoms with Gasteiger partial charge in [0.2, 0.25) is 5.91 Å². The van der Waals surface area contributed by atoms with Gasteiger partial charge in [0.05, 0.1) is 6.04 Å². The van der Waals surface area contributed by atoms with Gasteiger partial charge in [-0.15, -0.1) is 0 Å². The van der Waals surface area contributed by atoms with Crippen LogP contribution in [-0.2, 0) is 4.79 Å². The molecule has 0 unspecified atom stereocenters. The summed E-state index contributed by atoms with van der Waals surface area (Å²) in [5.41, 5.74) is 6.12. The van der Waals surface area contributed by atoms with Crippen molar-refractivity contribution in [3.8, 4) is 0 Å². The van der Waals surface area contributed by atoms with Crippen LogP contribution in [0.2, 0.25) is 0 Å². The summed E-state index contributed by atoms with van der Waals surface area (Å²) in [6, 6.07) is -0.419. The normalized spacial score (nSPS) is 21.2. The van der Waals surface area contributed by atoms with E-state index in [0.717, 1.165) is 13.0 Å². The highest BCUT2D eigenvalue weighted by molar-refractivity contribution is 5.82. The minimum absolute atomic E-state index is 0.00257. The molecule has 0 aromatic carbocycles. The minimum atomic E-state index is -0.419. The van der Waals surface area contributed by atoms with E-state index in [1.165, 1.54) is 25.7 Å². The van der Waals surface area contributed by atoms with E-state index >= 15 is 0 Å². The molecular weight excluding hydrogens is 212 g/mol. The van der Waals surface area contributed by atoms with Gasteiger partial charge in [-0.1, -0.05) is 40.5 Å². The van der Waals surface area contributed by atoms with E-state index in [1.807, 2.05) is 20.8 Å². The fourth-order valence-corrected chi connectivity index (χ4v) is 2.56. The lowest BCUT2D eigenvalue weighted by molar-refractivity contribution is -0.125. The van der Waals surface area contributed by atoms with Crippen molar-refractivity contribution in [1.29, 1.82) is 0 Å². The minimum Gasteiger partial charge on any atom is -0.354 e. The summed E-state index contributed by atoms with van der Waals surface area (Å²) < 4.78 is 0. The van der Waals surface area contributed by atoms with Gasteiger partial charge in [0.15, 0.2) is 0 Å². The second-order valence-electron chi connectivity index (χ2n) is 6.62. The van der Waals surface area contributed by atoms with Gasteiger partial charge in [-0.05, 0) is 30.1 Å². The van der Waals surface area contributed by atoms with Crippen LogP contribution in [0.1, 0.15) is 59.8 Å². The Morgan fingerprint density at radius 3 is 2.29 bits per heavy atom. The average molecular weight is 240 g/mol. The summed E-state index contributed by atoms with van der Waals surface area (Å²) >= 11 is 0. The molecule has 1 aliphatic rings. The number of carbonyl (C=O) groups excluding carboxylic acids is 1. The molecule has 0 radical (unpaired) electrons. The third kappa shape index (κ3) is 3.70. The molecule has 1 saturated carbocycles. The molecule has 0 spiro atoms. The Bertz CT molecular complexity index is 262. The van der Waals surface area contributed by atoms with Crippen LogP contribution >= 0.6 is 0 Å². The molecular formula is C14H28N2O. The summed E-state index contributed by atoms with van der Waals surface area (Å²) in [6.07, 6.45) is 6.24. The monoisotopic (exact) mass is 240 g/mol. The van der Waals surface area contributed by atoms with Gasteiger partial charge < -0.3 is 11.1 Å². The molecule has 0 heterocycles. The van der Waals surface area contributed by atoms with Gasteiger partial charge in [0.25, 0.3) is 0 Å². The predicted octanol–water partition coefficient (Wildman–Crippen LogP) is 2.45. The zero-order valence-electron chi connectivity index (χ0n) is 11.8. The predicted molar refractivity (Wildman–Crippen MR) is 71.6 cm³/mol. The number of nitrogens with one attached hydrogen (secondary N) is 1. The van der Waals surface area contributed by atoms with Gasteiger partial charge in [-0.3, -0.25) is 4.79 Å². The molecule has 1 fully saturated rings. The maximum atomic E-state index is 12.0. The van der Waals surface area contributed by atoms with Crippen LogP contribution < -0.4 is 11.1 Å². The highest BCUT2D eigenvalue weighted by Gasteiger charge is 2.34. The molecule has 3 N–H and O–H groups in total. The molecule has 1 rings (SSSR count). The quantitative estimate of drug-likeness (QED) is 0.793. The molecule has 3 nitrogen and oxygen atoms in total. The largest absolute Gasteiger partial charge is 0.354 e. The molecule has 100 valence electrons. The van der Waals surface area contributed by atoms with Gasteiger partial charge in [-0.25, -0.2) is 0 Å². The van der Waals surface area contributed by atoms with E-state index < -0.39 is 6.04 Å². The Morgan fingerprint density at radius 2 is 1.88 bits per heavy atom. The third-order valence-corrected chi connectivity index (χ3v) is 4.27. The maximum Gasteiger partial charge on any atom is 0.237 e. The molecule has 3 heteroatoms. The molecule has 0 aromatic heterocycles. The van der Waals surface area contributed by atoms with Crippen molar-refractivity contribution >= 4 is 5.91 Å². The van der Waals surface area contributed by atoms with Gasteiger partial charge in [0.1, 0.15) is 0 Å². The molecule has 1 atom stereocenters. The summed E-state index contributed by atoms with van der Waals surface area (Å²) in [5, 5.41) is 3.06. The lowest BCUT2D eigenvalue weighted by atomic mass is 9.82. The van der Waals surface area contributed by atoms with Crippen molar-refractivity contribution in [3.63, 3.8) is 0 Å². The van der Waals surface area contributed by atoms with Crippen molar-refractivity contribution in [2.24, 2.45) is 16.6 Å². The first-order valence-corrected chi connectivity index (χ1v) is 6.84. The van der Waals surface area contributed by atoms with Crippen molar-refractivity contribution in [3.05, 3.63) is 0 Å². The van der Waals surface area contributed by atoms with Crippen molar-refractivity contribution < 1.29 is 4.79 Å². The number of amides is 1. The molecule has 0 saturated heterocycles. The second-order valence-corrected chi connectivity index (χ2v) is 6.62. The lowest BCUT2D eigenvalue weighted by Crippen LogP contribution is -2.50. The number of nitrogens with two attached hydrogens (primary N) is 1. The highest BCUT2D eigenvalue weighted by Crippen LogP contribution is 2.40. The lowest BCUT2D eigenvalue weighted by Gasteiger charge is -2.31. The first kappa shape index (κ1) is 14.5. The first-order valence-electron chi connectivity index (χ1n) is 6.84. The van der Waals surface area contributed by atoms with E-state index in [1.54, 1.807) is 0 Å². The van der Waals surface area contributed by atoms with Crippen LogP contribution in [0.25, 0.3) is 0 Å². The summed E-state index contributed by atoms with van der Waals surface area (Å²) in [4.78, 5) is 12.0. The van der Waals surface area contributed by atoms with E-state index in [0.29, 0.717) is 5.41 Å². The molecule has 0 aromatic rings. The van der Waals surface area contributed by atoms with E-state index in [4.69, 9.17) is 5.73 Å². The Morgan fingerprint density at radius 1 is 1.35 bits per heavy atom. The summed E-state index contributed by atoms with van der Waals surface area (Å²) in [7, 11) is 0. The number of hydrogen-bond donors (Lipinski definition) is 2. The van der Waals surface area contributed by atoms with Crippen LogP contribution in [-0.4, -0.2) is 18.5 Å². The van der Waals surface area contributed by atoms with Crippen molar-refractivity contribution in [1.82, 2.24) is 5.32 Å². The van der Waals surface area contributed by atoms with Crippen molar-refractivity contribution in [2.75, 3.05) is 6.54 Å². The zero-order valence-corrected chi connectivity index (χ0v) is 11.8. The van der Waals surface area contributed by atoms with Crippen LogP contribution in [0.15, 0.2) is 0 Å². The summed E-state index contributed by atoms with van der Waals surface area (Å²) in [5.74, 6) is -0.00257. The third-order valence-electron chi connectivity index (χ3n) is 4.27. The van der Waals surface area contributed by atoms with Crippen LogP contribution in [0.3, 0.4) is 0 Å². The van der Waals surface area contributed by atoms with E-state index in [-0.39, 0.29) is 11.3 Å². The van der Waals surface area contributed by atoms with Gasteiger partial charge in [-0.2, -0.15) is 0 Å². The molecule has 1 aliphatic carbocycles. The SMILES string of the molecule is CCC1(CNC(=O)[C@H](N)C(C)(C)C)CCCC1. The molecule has 0 aliphatic heterocycles. The van der Waals surface area contributed by atoms with Crippen LogP contribution in [0.4, 0.5) is 0 Å². The van der Waals surface area contributed by atoms with Crippen molar-refractivity contribution in [2.45, 2.75) is 65.8 Å². The average Bonchev–Trinajstić information content (AvgIpc) is 2.73. The van der Waals surface area contributed by atoms with Crippen LogP contribution in [0.5, 0.6) is 0 Å². The number of hydrogen-bond acceptors (Lipinski definition) is 2. The first-order chi connectivity index (χ1) is 7.81. The van der Waals surface area contributed by atoms with E-state index in [2.05, 4.69) is 12.2 Å². The second kappa shape index (κ2) is 5.38. The Labute approximate surface area is 106 Å².